The van der Waals surface area contributed by atoms with Gasteiger partial charge in [0.1, 0.15) is 0 Å². The number of morpholine rings is 1. The standard InChI is InChI=1S/C26H36N4OS/c1-3-29-12-4-5-23-19-22(8-11-25(23)29)20-30(14-13-28-15-17-31-18-16-28)26(32)27-24-9-6-21(2)7-10-24/h6-11,19H,3-5,12-18,20H2,1-2H3,(H,27,32). The third-order valence-corrected chi connectivity index (χ3v) is 6.85. The van der Waals surface area contributed by atoms with Gasteiger partial charge in [-0.2, -0.15) is 0 Å². The minimum absolute atomic E-state index is 0.787. The largest absolute Gasteiger partial charge is 0.379 e. The molecule has 2 aromatic carbocycles. The van der Waals surface area contributed by atoms with E-state index < -0.39 is 0 Å². The van der Waals surface area contributed by atoms with Crippen LogP contribution in [0.3, 0.4) is 0 Å². The summed E-state index contributed by atoms with van der Waals surface area (Å²) in [5.41, 5.74) is 6.50. The van der Waals surface area contributed by atoms with Gasteiger partial charge < -0.3 is 19.9 Å². The number of benzene rings is 2. The molecule has 5 nitrogen and oxygen atoms in total. The van der Waals surface area contributed by atoms with Crippen LogP contribution in [-0.2, 0) is 17.7 Å². The second-order valence-electron chi connectivity index (χ2n) is 8.82. The average Bonchev–Trinajstić information content (AvgIpc) is 2.83. The molecule has 2 aromatic rings. The quantitative estimate of drug-likeness (QED) is 0.631. The van der Waals surface area contributed by atoms with Crippen molar-refractivity contribution < 1.29 is 4.74 Å². The van der Waals surface area contributed by atoms with Crippen LogP contribution >= 0.6 is 12.2 Å². The number of hydrogen-bond acceptors (Lipinski definition) is 4. The Balaban J connectivity index is 1.47. The molecule has 1 fully saturated rings. The molecular formula is C26H36N4OS. The van der Waals surface area contributed by atoms with Gasteiger partial charge in [0.15, 0.2) is 5.11 Å². The Kier molecular flexibility index (Phi) is 8.00. The van der Waals surface area contributed by atoms with Crippen molar-refractivity contribution in [2.45, 2.75) is 33.2 Å². The van der Waals surface area contributed by atoms with Crippen LogP contribution in [0.15, 0.2) is 42.5 Å². The molecule has 0 aromatic heterocycles. The molecule has 0 amide bonds. The zero-order valence-corrected chi connectivity index (χ0v) is 20.3. The third-order valence-electron chi connectivity index (χ3n) is 6.49. The van der Waals surface area contributed by atoms with Crippen LogP contribution in [0, 0.1) is 6.92 Å². The summed E-state index contributed by atoms with van der Waals surface area (Å²) in [5.74, 6) is 0. The van der Waals surface area contributed by atoms with Crippen molar-refractivity contribution in [1.29, 1.82) is 0 Å². The van der Waals surface area contributed by atoms with Crippen LogP contribution in [-0.4, -0.2) is 67.4 Å². The van der Waals surface area contributed by atoms with Gasteiger partial charge in [0, 0.05) is 57.2 Å². The van der Waals surface area contributed by atoms with E-state index in [9.17, 15) is 0 Å². The number of ether oxygens (including phenoxy) is 1. The molecule has 32 heavy (non-hydrogen) atoms. The molecule has 1 N–H and O–H groups in total. The average molecular weight is 453 g/mol. The molecule has 6 heteroatoms. The van der Waals surface area contributed by atoms with E-state index in [1.54, 1.807) is 0 Å². The van der Waals surface area contributed by atoms with E-state index in [4.69, 9.17) is 17.0 Å². The molecule has 0 atom stereocenters. The normalized spacial score (nSPS) is 16.5. The Morgan fingerprint density at radius 1 is 1.09 bits per heavy atom. The summed E-state index contributed by atoms with van der Waals surface area (Å²) in [6, 6.07) is 15.4. The fourth-order valence-electron chi connectivity index (χ4n) is 4.55. The van der Waals surface area contributed by atoms with Crippen molar-refractivity contribution >= 4 is 28.7 Å². The monoisotopic (exact) mass is 452 g/mol. The zero-order chi connectivity index (χ0) is 22.3. The number of nitrogens with one attached hydrogen (secondary N) is 1. The van der Waals surface area contributed by atoms with Crippen molar-refractivity contribution in [3.8, 4) is 0 Å². The lowest BCUT2D eigenvalue weighted by Gasteiger charge is -2.33. The van der Waals surface area contributed by atoms with E-state index in [2.05, 4.69) is 76.3 Å². The highest BCUT2D eigenvalue weighted by molar-refractivity contribution is 7.80. The van der Waals surface area contributed by atoms with Crippen molar-refractivity contribution in [2.24, 2.45) is 0 Å². The lowest BCUT2D eigenvalue weighted by molar-refractivity contribution is 0.0358. The summed E-state index contributed by atoms with van der Waals surface area (Å²) >= 11 is 5.88. The number of nitrogens with zero attached hydrogens (tertiary/aromatic N) is 3. The number of fused-ring (bicyclic) bond motifs is 1. The molecule has 0 unspecified atom stereocenters. The van der Waals surface area contributed by atoms with Gasteiger partial charge in [0.25, 0.3) is 0 Å². The van der Waals surface area contributed by atoms with Gasteiger partial charge in [-0.1, -0.05) is 29.8 Å². The molecule has 2 heterocycles. The Morgan fingerprint density at radius 3 is 2.62 bits per heavy atom. The van der Waals surface area contributed by atoms with Gasteiger partial charge in [0.2, 0.25) is 0 Å². The van der Waals surface area contributed by atoms with E-state index in [-0.39, 0.29) is 0 Å². The molecule has 0 saturated carbocycles. The van der Waals surface area contributed by atoms with E-state index in [1.165, 1.54) is 41.8 Å². The molecule has 0 spiro atoms. The van der Waals surface area contributed by atoms with Gasteiger partial charge in [-0.15, -0.1) is 0 Å². The summed E-state index contributed by atoms with van der Waals surface area (Å²) < 4.78 is 5.51. The molecule has 4 rings (SSSR count). The second kappa shape index (κ2) is 11.1. The maximum absolute atomic E-state index is 5.88. The lowest BCUT2D eigenvalue weighted by Crippen LogP contribution is -2.44. The second-order valence-corrected chi connectivity index (χ2v) is 9.20. The van der Waals surface area contributed by atoms with Crippen LogP contribution < -0.4 is 10.2 Å². The summed E-state index contributed by atoms with van der Waals surface area (Å²) in [4.78, 5) is 7.27. The molecule has 0 bridgehead atoms. The SMILES string of the molecule is CCN1CCCc2cc(CN(CCN3CCOCC3)C(=S)Nc3ccc(C)cc3)ccc21. The third kappa shape index (κ3) is 6.00. The Bertz CT molecular complexity index is 895. The first kappa shape index (κ1) is 23.0. The summed E-state index contributed by atoms with van der Waals surface area (Å²) in [6.45, 7) is 12.9. The van der Waals surface area contributed by atoms with Gasteiger partial charge in [-0.05, 0) is 68.2 Å². The van der Waals surface area contributed by atoms with Gasteiger partial charge in [0.05, 0.1) is 13.2 Å². The molecule has 2 aliphatic heterocycles. The van der Waals surface area contributed by atoms with Gasteiger partial charge in [-0.25, -0.2) is 0 Å². The van der Waals surface area contributed by atoms with Gasteiger partial charge >= 0.3 is 0 Å². The Morgan fingerprint density at radius 2 is 1.88 bits per heavy atom. The predicted molar refractivity (Wildman–Crippen MR) is 138 cm³/mol. The van der Waals surface area contributed by atoms with Crippen molar-refractivity contribution in [3.05, 3.63) is 59.2 Å². The maximum Gasteiger partial charge on any atom is 0.173 e. The Hall–Kier alpha value is -2.15. The van der Waals surface area contributed by atoms with Crippen LogP contribution in [0.2, 0.25) is 0 Å². The summed E-state index contributed by atoms with van der Waals surface area (Å²) in [5, 5.41) is 4.25. The molecule has 1 saturated heterocycles. The van der Waals surface area contributed by atoms with Gasteiger partial charge in [-0.3, -0.25) is 4.90 Å². The minimum atomic E-state index is 0.787. The number of anilines is 2. The zero-order valence-electron chi connectivity index (χ0n) is 19.5. The number of hydrogen-bond donors (Lipinski definition) is 1. The summed E-state index contributed by atoms with van der Waals surface area (Å²) in [7, 11) is 0. The van der Waals surface area contributed by atoms with Crippen molar-refractivity contribution in [2.75, 3.05) is 62.7 Å². The van der Waals surface area contributed by atoms with E-state index in [1.807, 2.05) is 0 Å². The van der Waals surface area contributed by atoms with Crippen molar-refractivity contribution in [3.63, 3.8) is 0 Å². The molecular weight excluding hydrogens is 416 g/mol. The fourth-order valence-corrected chi connectivity index (χ4v) is 4.83. The lowest BCUT2D eigenvalue weighted by atomic mass is 9.99. The van der Waals surface area contributed by atoms with E-state index in [0.29, 0.717) is 0 Å². The van der Waals surface area contributed by atoms with Crippen LogP contribution in [0.5, 0.6) is 0 Å². The van der Waals surface area contributed by atoms with Crippen molar-refractivity contribution in [1.82, 2.24) is 9.80 Å². The smallest absolute Gasteiger partial charge is 0.173 e. The molecule has 0 radical (unpaired) electrons. The topological polar surface area (TPSA) is 31.0 Å². The first-order valence-electron chi connectivity index (χ1n) is 11.9. The summed E-state index contributed by atoms with van der Waals surface area (Å²) in [6.07, 6.45) is 2.40. The minimum Gasteiger partial charge on any atom is -0.379 e. The van der Waals surface area contributed by atoms with E-state index >= 15 is 0 Å². The highest BCUT2D eigenvalue weighted by Gasteiger charge is 2.18. The van der Waals surface area contributed by atoms with Crippen LogP contribution in [0.1, 0.15) is 30.0 Å². The number of rotatable bonds is 7. The molecule has 2 aliphatic rings. The predicted octanol–water partition coefficient (Wildman–Crippen LogP) is 4.30. The first-order chi connectivity index (χ1) is 15.6. The molecule has 172 valence electrons. The highest BCUT2D eigenvalue weighted by atomic mass is 32.1. The fraction of sp³-hybridized carbons (Fsp3) is 0.500. The van der Waals surface area contributed by atoms with E-state index in [0.717, 1.165) is 63.3 Å². The number of aryl methyl sites for hydroxylation is 2. The highest BCUT2D eigenvalue weighted by Crippen LogP contribution is 2.28. The first-order valence-corrected chi connectivity index (χ1v) is 12.3. The Labute approximate surface area is 198 Å². The maximum atomic E-state index is 5.88. The number of thiocarbonyl (C=S) groups is 1. The molecule has 0 aliphatic carbocycles. The van der Waals surface area contributed by atoms with Crippen LogP contribution in [0.4, 0.5) is 11.4 Å². The van der Waals surface area contributed by atoms with Crippen LogP contribution in [0.25, 0.3) is 0 Å².